The van der Waals surface area contributed by atoms with Gasteiger partial charge in [0.15, 0.2) is 5.82 Å². The number of anilines is 2. The van der Waals surface area contributed by atoms with E-state index in [1.165, 1.54) is 13.2 Å². The minimum absolute atomic E-state index is 0.247. The van der Waals surface area contributed by atoms with E-state index in [2.05, 4.69) is 14.9 Å². The van der Waals surface area contributed by atoms with Gasteiger partial charge in [-0.05, 0) is 47.5 Å². The third-order valence-corrected chi connectivity index (χ3v) is 5.89. The zero-order valence-electron chi connectivity index (χ0n) is 15.3. The van der Waals surface area contributed by atoms with Crippen molar-refractivity contribution in [3.05, 3.63) is 66.5 Å². The highest BCUT2D eigenvalue weighted by Gasteiger charge is 2.20. The van der Waals surface area contributed by atoms with Crippen LogP contribution in [-0.2, 0) is 10.0 Å². The number of hydrogen-bond acceptors (Lipinski definition) is 5. The maximum Gasteiger partial charge on any atom is 0.264 e. The monoisotopic (exact) mass is 412 g/mol. The van der Waals surface area contributed by atoms with E-state index in [9.17, 15) is 12.8 Å². The lowest BCUT2D eigenvalue weighted by Gasteiger charge is -2.11. The number of aromatic amines is 1. The first-order chi connectivity index (χ1) is 13.9. The van der Waals surface area contributed by atoms with E-state index >= 15 is 0 Å². The second kappa shape index (κ2) is 7.10. The Morgan fingerprint density at radius 2 is 1.76 bits per heavy atom. The number of aromatic nitrogens is 2. The van der Waals surface area contributed by atoms with Crippen LogP contribution in [0.15, 0.2) is 65.6 Å². The number of H-pyrrole nitrogens is 1. The molecule has 29 heavy (non-hydrogen) atoms. The van der Waals surface area contributed by atoms with Gasteiger partial charge < -0.3 is 10.5 Å². The van der Waals surface area contributed by atoms with Crippen molar-refractivity contribution >= 4 is 32.4 Å². The maximum atomic E-state index is 14.0. The highest BCUT2D eigenvalue weighted by Crippen LogP contribution is 2.28. The number of ether oxygens (including phenoxy) is 1. The molecule has 7 nitrogen and oxygen atoms in total. The van der Waals surface area contributed by atoms with Crippen LogP contribution in [-0.4, -0.2) is 25.7 Å². The largest absolute Gasteiger partial charge is 0.497 e. The zero-order chi connectivity index (χ0) is 20.6. The van der Waals surface area contributed by atoms with Crippen molar-refractivity contribution in [2.24, 2.45) is 0 Å². The van der Waals surface area contributed by atoms with Crippen molar-refractivity contribution in [2.75, 3.05) is 17.6 Å². The molecule has 1 aromatic heterocycles. The summed E-state index contributed by atoms with van der Waals surface area (Å²) in [5.41, 5.74) is 8.67. The van der Waals surface area contributed by atoms with Gasteiger partial charge in [-0.15, -0.1) is 0 Å². The first kappa shape index (κ1) is 18.8. The first-order valence-corrected chi connectivity index (χ1v) is 10.1. The van der Waals surface area contributed by atoms with E-state index in [1.54, 1.807) is 24.3 Å². The molecular formula is C20H17FN4O3S. The lowest BCUT2D eigenvalue weighted by atomic mass is 10.0. The Kier molecular flexibility index (Phi) is 4.59. The Bertz CT molecular complexity index is 1300. The molecule has 0 unspecified atom stereocenters. The van der Waals surface area contributed by atoms with Gasteiger partial charge in [0.2, 0.25) is 0 Å². The van der Waals surface area contributed by atoms with Gasteiger partial charge in [0.1, 0.15) is 16.5 Å². The predicted octanol–water partition coefficient (Wildman–Crippen LogP) is 3.76. The topological polar surface area (TPSA) is 110 Å². The average molecular weight is 412 g/mol. The molecule has 0 atom stereocenters. The van der Waals surface area contributed by atoms with Gasteiger partial charge in [-0.25, -0.2) is 12.8 Å². The Labute approximate surface area is 166 Å². The predicted molar refractivity (Wildman–Crippen MR) is 110 cm³/mol. The van der Waals surface area contributed by atoms with Crippen LogP contribution < -0.4 is 15.2 Å². The van der Waals surface area contributed by atoms with Crippen LogP contribution in [0.1, 0.15) is 0 Å². The minimum Gasteiger partial charge on any atom is -0.497 e. The highest BCUT2D eigenvalue weighted by atomic mass is 32.2. The average Bonchev–Trinajstić information content (AvgIpc) is 3.09. The van der Waals surface area contributed by atoms with Crippen molar-refractivity contribution < 1.29 is 17.5 Å². The molecule has 0 amide bonds. The standard InChI is InChI=1S/C20H17FN4O3S/c1-28-15-7-9-17(21)19(11-15)29(26,27)25-14-5-2-12(3-6-14)13-4-8-16-18(10-13)23-24-20(16)22/h2-11,25H,1H3,(H3,22,23,24). The molecule has 0 aliphatic carbocycles. The van der Waals surface area contributed by atoms with Crippen molar-refractivity contribution in [2.45, 2.75) is 4.90 Å². The highest BCUT2D eigenvalue weighted by molar-refractivity contribution is 7.92. The lowest BCUT2D eigenvalue weighted by molar-refractivity contribution is 0.411. The molecule has 0 aliphatic rings. The summed E-state index contributed by atoms with van der Waals surface area (Å²) in [5, 5.41) is 7.66. The molecule has 4 N–H and O–H groups in total. The summed E-state index contributed by atoms with van der Waals surface area (Å²) < 4.78 is 46.5. The second-order valence-electron chi connectivity index (χ2n) is 6.35. The molecule has 4 rings (SSSR count). The number of sulfonamides is 1. The van der Waals surface area contributed by atoms with E-state index in [1.807, 2.05) is 18.2 Å². The molecular weight excluding hydrogens is 395 g/mol. The van der Waals surface area contributed by atoms with Crippen molar-refractivity contribution in [1.82, 2.24) is 10.2 Å². The number of rotatable bonds is 5. The molecule has 0 spiro atoms. The van der Waals surface area contributed by atoms with Gasteiger partial charge in [0.05, 0.1) is 12.6 Å². The third-order valence-electron chi connectivity index (χ3n) is 4.49. The third kappa shape index (κ3) is 3.59. The number of benzene rings is 3. The number of nitrogens with zero attached hydrogens (tertiary/aromatic N) is 1. The zero-order valence-corrected chi connectivity index (χ0v) is 16.1. The van der Waals surface area contributed by atoms with Gasteiger partial charge in [-0.1, -0.05) is 18.2 Å². The minimum atomic E-state index is -4.11. The summed E-state index contributed by atoms with van der Waals surface area (Å²) in [4.78, 5) is -0.483. The summed E-state index contributed by atoms with van der Waals surface area (Å²) >= 11 is 0. The number of hydrogen-bond donors (Lipinski definition) is 3. The molecule has 0 bridgehead atoms. The van der Waals surface area contributed by atoms with Crippen LogP contribution in [0.25, 0.3) is 22.0 Å². The number of halogens is 1. The number of methoxy groups -OCH3 is 1. The van der Waals surface area contributed by atoms with Crippen LogP contribution in [0, 0.1) is 5.82 Å². The fourth-order valence-electron chi connectivity index (χ4n) is 2.98. The lowest BCUT2D eigenvalue weighted by Crippen LogP contribution is -2.14. The van der Waals surface area contributed by atoms with Crippen LogP contribution in [0.5, 0.6) is 5.75 Å². The maximum absolute atomic E-state index is 14.0. The van der Waals surface area contributed by atoms with Crippen LogP contribution in [0.4, 0.5) is 15.9 Å². The van der Waals surface area contributed by atoms with Crippen molar-refractivity contribution in [3.63, 3.8) is 0 Å². The number of nitrogens with two attached hydrogens (primary N) is 1. The first-order valence-electron chi connectivity index (χ1n) is 8.58. The molecule has 1 heterocycles. The van der Waals surface area contributed by atoms with E-state index in [0.717, 1.165) is 34.2 Å². The van der Waals surface area contributed by atoms with E-state index in [0.29, 0.717) is 11.5 Å². The fourth-order valence-corrected chi connectivity index (χ4v) is 4.13. The van der Waals surface area contributed by atoms with Crippen LogP contribution in [0.3, 0.4) is 0 Å². The number of nitrogen functional groups attached to an aromatic ring is 1. The summed E-state index contributed by atoms with van der Waals surface area (Å²) in [6.07, 6.45) is 0. The van der Waals surface area contributed by atoms with Crippen molar-refractivity contribution in [1.29, 1.82) is 0 Å². The Hall–Kier alpha value is -3.59. The summed E-state index contributed by atoms with van der Waals surface area (Å²) in [5.74, 6) is -0.180. The molecule has 0 saturated heterocycles. The van der Waals surface area contributed by atoms with Gasteiger partial charge in [-0.2, -0.15) is 5.10 Å². The van der Waals surface area contributed by atoms with Crippen LogP contribution in [0.2, 0.25) is 0 Å². The molecule has 0 fully saturated rings. The summed E-state index contributed by atoms with van der Waals surface area (Å²) in [6, 6.07) is 16.0. The SMILES string of the molecule is COc1ccc(F)c(S(=O)(=O)Nc2ccc(-c3ccc4c(N)n[nH]c4c3)cc2)c1. The summed E-state index contributed by atoms with van der Waals surface area (Å²) in [6.45, 7) is 0. The van der Waals surface area contributed by atoms with E-state index in [-0.39, 0.29) is 5.75 Å². The molecule has 0 aliphatic heterocycles. The van der Waals surface area contributed by atoms with Crippen molar-refractivity contribution in [3.8, 4) is 16.9 Å². The molecule has 148 valence electrons. The Morgan fingerprint density at radius 1 is 1.03 bits per heavy atom. The number of nitrogens with one attached hydrogen (secondary N) is 2. The normalized spacial score (nSPS) is 11.5. The smallest absolute Gasteiger partial charge is 0.264 e. The Balaban J connectivity index is 1.60. The van der Waals surface area contributed by atoms with Crippen LogP contribution >= 0.6 is 0 Å². The van der Waals surface area contributed by atoms with Gasteiger partial charge >= 0.3 is 0 Å². The molecule has 9 heteroatoms. The quantitative estimate of drug-likeness (QED) is 0.462. The molecule has 3 aromatic carbocycles. The van der Waals surface area contributed by atoms with E-state index in [4.69, 9.17) is 10.5 Å². The van der Waals surface area contributed by atoms with Gasteiger partial charge in [0.25, 0.3) is 10.0 Å². The molecule has 0 saturated carbocycles. The number of fused-ring (bicyclic) bond motifs is 1. The molecule has 0 radical (unpaired) electrons. The Morgan fingerprint density at radius 3 is 2.48 bits per heavy atom. The second-order valence-corrected chi connectivity index (χ2v) is 8.00. The fraction of sp³-hybridized carbons (Fsp3) is 0.0500. The summed E-state index contributed by atoms with van der Waals surface area (Å²) in [7, 11) is -2.73. The molecule has 4 aromatic rings. The van der Waals surface area contributed by atoms with Gasteiger partial charge in [0, 0.05) is 17.1 Å². The van der Waals surface area contributed by atoms with E-state index < -0.39 is 20.7 Å². The van der Waals surface area contributed by atoms with Gasteiger partial charge in [-0.3, -0.25) is 9.82 Å².